The van der Waals surface area contributed by atoms with Crippen LogP contribution in [0.3, 0.4) is 0 Å². The molecule has 0 unspecified atom stereocenters. The molecule has 0 saturated carbocycles. The van der Waals surface area contributed by atoms with Crippen LogP contribution in [0.4, 0.5) is 0 Å². The minimum atomic E-state index is -0.303. The highest BCUT2D eigenvalue weighted by molar-refractivity contribution is 5.90. The number of fused-ring (bicyclic) bond motifs is 1. The third kappa shape index (κ3) is 3.29. The number of rotatable bonds is 5. The third-order valence-electron chi connectivity index (χ3n) is 3.94. The number of nitrogens with one attached hydrogen (secondary N) is 2. The van der Waals surface area contributed by atoms with Gasteiger partial charge in [-0.2, -0.15) is 0 Å². The number of H-pyrrole nitrogens is 2. The number of carbonyl (C=O) groups excluding carboxylic acids is 1. The highest BCUT2D eigenvalue weighted by atomic mass is 16.5. The third-order valence-corrected chi connectivity index (χ3v) is 3.94. The lowest BCUT2D eigenvalue weighted by Gasteiger charge is -2.14. The lowest BCUT2D eigenvalue weighted by molar-refractivity contribution is 0.0600. The van der Waals surface area contributed by atoms with Gasteiger partial charge in [0.05, 0.1) is 12.7 Å². The lowest BCUT2D eigenvalue weighted by atomic mass is 10.2. The molecule has 0 saturated heterocycles. The van der Waals surface area contributed by atoms with E-state index < -0.39 is 0 Å². The fourth-order valence-electron chi connectivity index (χ4n) is 2.89. The predicted octanol–water partition coefficient (Wildman–Crippen LogP) is 3.22. The summed E-state index contributed by atoms with van der Waals surface area (Å²) in [6.07, 6.45) is 0. The number of para-hydroxylation sites is 1. The van der Waals surface area contributed by atoms with Gasteiger partial charge in [0.25, 0.3) is 0 Å². The maximum absolute atomic E-state index is 11.7. The quantitative estimate of drug-likeness (QED) is 0.711. The molecule has 0 amide bonds. The second-order valence-corrected chi connectivity index (χ2v) is 5.88. The first-order valence-corrected chi connectivity index (χ1v) is 7.59. The number of aryl methyl sites for hydroxylation is 1. The molecule has 0 aliphatic heterocycles. The summed E-state index contributed by atoms with van der Waals surface area (Å²) < 4.78 is 4.79. The van der Waals surface area contributed by atoms with E-state index >= 15 is 0 Å². The summed E-state index contributed by atoms with van der Waals surface area (Å²) >= 11 is 0. The lowest BCUT2D eigenvalue weighted by Crippen LogP contribution is -2.17. The SMILES string of the molecule is COC(=O)c1cc(CN(C)Cc2cc3ccccc3[nH]2)[nH]c1C. The van der Waals surface area contributed by atoms with Crippen LogP contribution in [0.15, 0.2) is 36.4 Å². The molecule has 2 aromatic heterocycles. The van der Waals surface area contributed by atoms with E-state index in [0.29, 0.717) is 5.56 Å². The maximum atomic E-state index is 11.7. The number of aromatic nitrogens is 2. The summed E-state index contributed by atoms with van der Waals surface area (Å²) in [5.41, 5.74) is 4.76. The molecule has 0 spiro atoms. The first-order valence-electron chi connectivity index (χ1n) is 7.59. The van der Waals surface area contributed by atoms with Crippen LogP contribution in [0.1, 0.15) is 27.4 Å². The van der Waals surface area contributed by atoms with Crippen molar-refractivity contribution in [1.82, 2.24) is 14.9 Å². The minimum Gasteiger partial charge on any atom is -0.465 e. The number of benzene rings is 1. The fraction of sp³-hybridized carbons (Fsp3) is 0.278. The summed E-state index contributed by atoms with van der Waals surface area (Å²) in [6, 6.07) is 12.3. The molecule has 23 heavy (non-hydrogen) atoms. The molecule has 3 aromatic rings. The number of carbonyl (C=O) groups is 1. The second-order valence-electron chi connectivity index (χ2n) is 5.88. The van der Waals surface area contributed by atoms with Crippen LogP contribution in [-0.4, -0.2) is 35.0 Å². The van der Waals surface area contributed by atoms with Gasteiger partial charge in [-0.25, -0.2) is 4.79 Å². The molecule has 120 valence electrons. The van der Waals surface area contributed by atoms with Crippen molar-refractivity contribution >= 4 is 16.9 Å². The van der Waals surface area contributed by atoms with Crippen molar-refractivity contribution in [1.29, 1.82) is 0 Å². The van der Waals surface area contributed by atoms with E-state index in [1.807, 2.05) is 25.1 Å². The molecule has 2 N–H and O–H groups in total. The molecule has 0 aliphatic carbocycles. The fourth-order valence-corrected chi connectivity index (χ4v) is 2.89. The molecule has 2 heterocycles. The van der Waals surface area contributed by atoms with Gasteiger partial charge in [-0.1, -0.05) is 18.2 Å². The summed E-state index contributed by atoms with van der Waals surface area (Å²) in [7, 11) is 3.45. The number of aromatic amines is 2. The second kappa shape index (κ2) is 6.30. The van der Waals surface area contributed by atoms with E-state index in [1.54, 1.807) is 0 Å². The minimum absolute atomic E-state index is 0.303. The Hall–Kier alpha value is -2.53. The molecule has 0 bridgehead atoms. The zero-order valence-corrected chi connectivity index (χ0v) is 13.6. The molecule has 3 rings (SSSR count). The van der Waals surface area contributed by atoms with Crippen molar-refractivity contribution in [3.63, 3.8) is 0 Å². The van der Waals surface area contributed by atoms with E-state index in [9.17, 15) is 4.79 Å². The Morgan fingerprint density at radius 1 is 1.13 bits per heavy atom. The van der Waals surface area contributed by atoms with E-state index in [0.717, 1.165) is 30.0 Å². The topological polar surface area (TPSA) is 61.1 Å². The van der Waals surface area contributed by atoms with E-state index in [2.05, 4.69) is 40.1 Å². The monoisotopic (exact) mass is 311 g/mol. The number of nitrogens with zero attached hydrogens (tertiary/aromatic N) is 1. The number of hydrogen-bond donors (Lipinski definition) is 2. The van der Waals surface area contributed by atoms with Gasteiger partial charge in [0.1, 0.15) is 0 Å². The van der Waals surface area contributed by atoms with Crippen LogP contribution in [0.2, 0.25) is 0 Å². The average molecular weight is 311 g/mol. The Labute approximate surface area is 135 Å². The van der Waals surface area contributed by atoms with Crippen LogP contribution in [-0.2, 0) is 17.8 Å². The van der Waals surface area contributed by atoms with Crippen molar-refractivity contribution in [3.8, 4) is 0 Å². The Balaban J connectivity index is 1.69. The standard InChI is InChI=1S/C18H21N3O2/c1-12-16(18(22)23-3)9-15(19-12)11-21(2)10-14-8-13-6-4-5-7-17(13)20-14/h4-9,19-20H,10-11H2,1-3H3. The van der Waals surface area contributed by atoms with Gasteiger partial charge in [0.2, 0.25) is 0 Å². The zero-order valence-electron chi connectivity index (χ0n) is 13.6. The van der Waals surface area contributed by atoms with Gasteiger partial charge in [-0.05, 0) is 37.6 Å². The molecule has 0 radical (unpaired) electrons. The smallest absolute Gasteiger partial charge is 0.339 e. The van der Waals surface area contributed by atoms with E-state index in [4.69, 9.17) is 4.74 Å². The number of esters is 1. The molecule has 1 aromatic carbocycles. The van der Waals surface area contributed by atoms with Crippen molar-refractivity contribution in [2.45, 2.75) is 20.0 Å². The summed E-state index contributed by atoms with van der Waals surface area (Å²) in [4.78, 5) is 20.5. The molecule has 0 fully saturated rings. The van der Waals surface area contributed by atoms with Crippen molar-refractivity contribution < 1.29 is 9.53 Å². The van der Waals surface area contributed by atoms with Gasteiger partial charge >= 0.3 is 5.97 Å². The molecular formula is C18H21N3O2. The van der Waals surface area contributed by atoms with Crippen LogP contribution < -0.4 is 0 Å². The highest BCUT2D eigenvalue weighted by Gasteiger charge is 2.14. The van der Waals surface area contributed by atoms with E-state index in [-0.39, 0.29) is 5.97 Å². The predicted molar refractivity (Wildman–Crippen MR) is 90.3 cm³/mol. The average Bonchev–Trinajstić information content (AvgIpc) is 3.08. The maximum Gasteiger partial charge on any atom is 0.339 e. The van der Waals surface area contributed by atoms with Crippen LogP contribution in [0, 0.1) is 6.92 Å². The Morgan fingerprint density at radius 2 is 1.83 bits per heavy atom. The summed E-state index contributed by atoms with van der Waals surface area (Å²) in [5, 5.41) is 1.22. The van der Waals surface area contributed by atoms with Crippen LogP contribution >= 0.6 is 0 Å². The van der Waals surface area contributed by atoms with Gasteiger partial charge in [0.15, 0.2) is 0 Å². The molecule has 0 atom stereocenters. The number of methoxy groups -OCH3 is 1. The summed E-state index contributed by atoms with van der Waals surface area (Å²) in [5.74, 6) is -0.303. The Bertz CT molecular complexity index is 799. The van der Waals surface area contributed by atoms with Crippen LogP contribution in [0.25, 0.3) is 10.9 Å². The van der Waals surface area contributed by atoms with Crippen molar-refractivity contribution in [2.75, 3.05) is 14.2 Å². The Kier molecular flexibility index (Phi) is 4.21. The zero-order chi connectivity index (χ0) is 16.4. The van der Waals surface area contributed by atoms with Gasteiger partial charge < -0.3 is 14.7 Å². The Morgan fingerprint density at radius 3 is 2.52 bits per heavy atom. The molecular weight excluding hydrogens is 290 g/mol. The normalized spacial score (nSPS) is 11.3. The molecule has 0 aliphatic rings. The highest BCUT2D eigenvalue weighted by Crippen LogP contribution is 2.17. The largest absolute Gasteiger partial charge is 0.465 e. The molecule has 5 nitrogen and oxygen atoms in total. The first-order chi connectivity index (χ1) is 11.1. The van der Waals surface area contributed by atoms with Gasteiger partial charge in [-0.15, -0.1) is 0 Å². The number of hydrogen-bond acceptors (Lipinski definition) is 3. The number of ether oxygens (including phenoxy) is 1. The van der Waals surface area contributed by atoms with Crippen molar-refractivity contribution in [2.24, 2.45) is 0 Å². The van der Waals surface area contributed by atoms with Crippen LogP contribution in [0.5, 0.6) is 0 Å². The van der Waals surface area contributed by atoms with E-state index in [1.165, 1.54) is 18.2 Å². The molecule has 5 heteroatoms. The first kappa shape index (κ1) is 15.4. The van der Waals surface area contributed by atoms with Crippen molar-refractivity contribution in [3.05, 3.63) is 59.0 Å². The summed E-state index contributed by atoms with van der Waals surface area (Å²) in [6.45, 7) is 3.42. The van der Waals surface area contributed by atoms with Gasteiger partial charge in [-0.3, -0.25) is 4.90 Å². The van der Waals surface area contributed by atoms with Gasteiger partial charge in [0, 0.05) is 35.7 Å².